The molecule has 0 spiro atoms. The van der Waals surface area contributed by atoms with E-state index in [1.807, 2.05) is 26.0 Å². The number of carbonyl (C=O) groups excluding carboxylic acids is 1. The van der Waals surface area contributed by atoms with Gasteiger partial charge in [0.1, 0.15) is 16.5 Å². The molecular weight excluding hydrogens is 515 g/mol. The molecule has 2 aromatic carbocycles. The molecule has 0 aliphatic carbocycles. The van der Waals surface area contributed by atoms with Crippen LogP contribution in [0.5, 0.6) is 5.75 Å². The summed E-state index contributed by atoms with van der Waals surface area (Å²) in [6.45, 7) is 4.02. The first kappa shape index (κ1) is 25.5. The number of thiophene rings is 1. The lowest BCUT2D eigenvalue weighted by Crippen LogP contribution is -2.38. The molecule has 3 aromatic rings. The van der Waals surface area contributed by atoms with E-state index in [0.717, 1.165) is 27.1 Å². The van der Waals surface area contributed by atoms with Crippen LogP contribution in [0.25, 0.3) is 0 Å². The number of nitrogens with zero attached hydrogens (tertiary/aromatic N) is 3. The Bertz CT molecular complexity index is 1340. The van der Waals surface area contributed by atoms with E-state index in [4.69, 9.17) is 21.4 Å². The number of ether oxygens (including phenoxy) is 1. The largest absolute Gasteiger partial charge is 0.497 e. The van der Waals surface area contributed by atoms with Crippen molar-refractivity contribution in [3.63, 3.8) is 0 Å². The average Bonchev–Trinajstić information content (AvgIpc) is 3.02. The maximum Gasteiger partial charge on any atom is 0.473 e. The van der Waals surface area contributed by atoms with Crippen molar-refractivity contribution >= 4 is 45.5 Å². The Morgan fingerprint density at radius 3 is 2.44 bits per heavy atom. The number of benzene rings is 2. The second-order valence-corrected chi connectivity index (χ2v) is 9.51. The SMILES string of the molecule is COc1ccc(CN2N=C(c3ccc(Cl)cc3)c3c(sc(C)c3C)N/C2=N\NC(=O)C(F)(F)F)cc1. The Labute approximate surface area is 214 Å². The van der Waals surface area contributed by atoms with Crippen LogP contribution in [0.2, 0.25) is 5.02 Å². The van der Waals surface area contributed by atoms with Crippen LogP contribution in [0.4, 0.5) is 18.2 Å². The molecule has 1 amide bonds. The minimum absolute atomic E-state index is 0.0742. The Balaban J connectivity index is 1.84. The van der Waals surface area contributed by atoms with Gasteiger partial charge >= 0.3 is 12.1 Å². The minimum atomic E-state index is -5.09. The van der Waals surface area contributed by atoms with Gasteiger partial charge in [0.15, 0.2) is 0 Å². The summed E-state index contributed by atoms with van der Waals surface area (Å²) in [4.78, 5) is 12.5. The summed E-state index contributed by atoms with van der Waals surface area (Å²) < 4.78 is 43.7. The molecule has 1 aromatic heterocycles. The number of hydrazone groups is 2. The second-order valence-electron chi connectivity index (χ2n) is 7.85. The molecule has 7 nitrogen and oxygen atoms in total. The fourth-order valence-electron chi connectivity index (χ4n) is 3.46. The van der Waals surface area contributed by atoms with Crippen LogP contribution in [-0.4, -0.2) is 35.9 Å². The summed E-state index contributed by atoms with van der Waals surface area (Å²) in [5, 5.41) is 14.2. The summed E-state index contributed by atoms with van der Waals surface area (Å²) in [7, 11) is 1.55. The lowest BCUT2D eigenvalue weighted by atomic mass is 10.0. The summed E-state index contributed by atoms with van der Waals surface area (Å²) in [6.07, 6.45) is -5.09. The van der Waals surface area contributed by atoms with E-state index >= 15 is 0 Å². The molecule has 2 N–H and O–H groups in total. The van der Waals surface area contributed by atoms with Gasteiger partial charge in [-0.2, -0.15) is 18.3 Å². The number of hydrogen-bond acceptors (Lipinski definition) is 5. The first-order valence-corrected chi connectivity index (χ1v) is 11.8. The van der Waals surface area contributed by atoms with E-state index < -0.39 is 12.1 Å². The van der Waals surface area contributed by atoms with Gasteiger partial charge in [0.2, 0.25) is 5.96 Å². The van der Waals surface area contributed by atoms with Crippen LogP contribution in [0, 0.1) is 13.8 Å². The topological polar surface area (TPSA) is 78.3 Å². The van der Waals surface area contributed by atoms with Crippen LogP contribution in [0.15, 0.2) is 58.7 Å². The van der Waals surface area contributed by atoms with Gasteiger partial charge in [0, 0.05) is 21.0 Å². The Kier molecular flexibility index (Phi) is 7.23. The van der Waals surface area contributed by atoms with E-state index in [-0.39, 0.29) is 12.5 Å². The maximum absolute atomic E-state index is 12.8. The fraction of sp³-hybridized carbons (Fsp3) is 0.208. The third-order valence-corrected chi connectivity index (χ3v) is 6.82. The predicted molar refractivity (Wildman–Crippen MR) is 135 cm³/mol. The Hall–Kier alpha value is -3.57. The number of methoxy groups -OCH3 is 1. The zero-order chi connectivity index (χ0) is 26.0. The zero-order valence-corrected chi connectivity index (χ0v) is 21.0. The van der Waals surface area contributed by atoms with E-state index in [0.29, 0.717) is 21.5 Å². The van der Waals surface area contributed by atoms with Crippen molar-refractivity contribution < 1.29 is 22.7 Å². The maximum atomic E-state index is 12.8. The number of alkyl halides is 3. The van der Waals surface area contributed by atoms with Crippen LogP contribution >= 0.6 is 22.9 Å². The van der Waals surface area contributed by atoms with Crippen molar-refractivity contribution in [1.29, 1.82) is 0 Å². The molecule has 1 aliphatic rings. The van der Waals surface area contributed by atoms with Crippen molar-refractivity contribution in [2.24, 2.45) is 10.2 Å². The van der Waals surface area contributed by atoms with E-state index in [2.05, 4.69) is 10.4 Å². The number of guanidine groups is 1. The third kappa shape index (κ3) is 5.47. The molecule has 0 radical (unpaired) electrons. The van der Waals surface area contributed by atoms with Gasteiger partial charge in [0.05, 0.1) is 13.7 Å². The summed E-state index contributed by atoms with van der Waals surface area (Å²) in [5.41, 5.74) is 5.45. The highest BCUT2D eigenvalue weighted by molar-refractivity contribution is 7.17. The number of hydrogen-bond donors (Lipinski definition) is 2. The molecule has 188 valence electrons. The molecule has 0 unspecified atom stereocenters. The molecule has 0 saturated heterocycles. The van der Waals surface area contributed by atoms with Gasteiger partial charge in [-0.25, -0.2) is 10.4 Å². The first-order valence-electron chi connectivity index (χ1n) is 10.6. The van der Waals surface area contributed by atoms with E-state index in [1.165, 1.54) is 16.3 Å². The molecule has 4 rings (SSSR count). The van der Waals surface area contributed by atoms with Gasteiger partial charge in [0.25, 0.3) is 0 Å². The Morgan fingerprint density at radius 2 is 1.83 bits per heavy atom. The second kappa shape index (κ2) is 10.2. The molecule has 0 saturated carbocycles. The highest BCUT2D eigenvalue weighted by atomic mass is 35.5. The quantitative estimate of drug-likeness (QED) is 0.413. The lowest BCUT2D eigenvalue weighted by molar-refractivity contribution is -0.173. The van der Waals surface area contributed by atoms with Crippen molar-refractivity contribution in [2.75, 3.05) is 12.4 Å². The number of halogens is 4. The first-order chi connectivity index (χ1) is 17.1. The molecule has 0 bridgehead atoms. The van der Waals surface area contributed by atoms with Crippen molar-refractivity contribution in [3.05, 3.63) is 80.7 Å². The number of amides is 1. The van der Waals surface area contributed by atoms with Crippen molar-refractivity contribution in [1.82, 2.24) is 10.4 Å². The number of fused-ring (bicyclic) bond motifs is 1. The molecule has 12 heteroatoms. The van der Waals surface area contributed by atoms with Crippen LogP contribution in [0.3, 0.4) is 0 Å². The van der Waals surface area contributed by atoms with E-state index in [9.17, 15) is 18.0 Å². The van der Waals surface area contributed by atoms with Gasteiger partial charge in [-0.3, -0.25) is 4.79 Å². The average molecular weight is 536 g/mol. The number of rotatable bonds is 5. The minimum Gasteiger partial charge on any atom is -0.497 e. The smallest absolute Gasteiger partial charge is 0.473 e. The summed E-state index contributed by atoms with van der Waals surface area (Å²) in [6, 6.07) is 14.2. The molecule has 0 fully saturated rings. The number of carbonyl (C=O) groups is 1. The van der Waals surface area contributed by atoms with Gasteiger partial charge in [-0.05, 0) is 49.2 Å². The van der Waals surface area contributed by atoms with Crippen LogP contribution in [-0.2, 0) is 11.3 Å². The lowest BCUT2D eigenvalue weighted by Gasteiger charge is -2.21. The van der Waals surface area contributed by atoms with Gasteiger partial charge in [-0.1, -0.05) is 35.9 Å². The normalized spacial score (nSPS) is 14.6. The molecule has 1 aliphatic heterocycles. The fourth-order valence-corrected chi connectivity index (χ4v) is 4.64. The molecule has 36 heavy (non-hydrogen) atoms. The van der Waals surface area contributed by atoms with Crippen molar-refractivity contribution in [3.8, 4) is 5.75 Å². The Morgan fingerprint density at radius 1 is 1.17 bits per heavy atom. The third-order valence-electron chi connectivity index (χ3n) is 5.44. The van der Waals surface area contributed by atoms with Crippen LogP contribution < -0.4 is 15.5 Å². The number of anilines is 1. The number of aryl methyl sites for hydroxylation is 1. The summed E-state index contributed by atoms with van der Waals surface area (Å²) >= 11 is 7.50. The monoisotopic (exact) mass is 535 g/mol. The molecule has 0 atom stereocenters. The van der Waals surface area contributed by atoms with Crippen LogP contribution in [0.1, 0.15) is 27.1 Å². The summed E-state index contributed by atoms with van der Waals surface area (Å²) in [5.74, 6) is -1.61. The zero-order valence-electron chi connectivity index (χ0n) is 19.4. The molecular formula is C24H21ClF3N5O2S. The number of nitrogens with one attached hydrogen (secondary N) is 2. The standard InChI is InChI=1S/C24H21ClF3N5O2S/c1-13-14(2)36-21-19(13)20(16-6-8-17(25)9-7-16)32-33(12-15-4-10-18(35-3)11-5-15)23(29-21)31-30-22(34)24(26,27)28/h4-11H,12H2,1-3H3,(H,29,31)(H,30,34). The van der Waals surface area contributed by atoms with E-state index in [1.54, 1.807) is 48.9 Å². The van der Waals surface area contributed by atoms with Gasteiger partial charge in [-0.15, -0.1) is 16.4 Å². The van der Waals surface area contributed by atoms with Crippen molar-refractivity contribution in [2.45, 2.75) is 26.6 Å². The highest BCUT2D eigenvalue weighted by Gasteiger charge is 2.39. The van der Waals surface area contributed by atoms with Gasteiger partial charge < -0.3 is 10.1 Å². The highest BCUT2D eigenvalue weighted by Crippen LogP contribution is 2.36. The molecule has 2 heterocycles. The predicted octanol–water partition coefficient (Wildman–Crippen LogP) is 5.66.